The van der Waals surface area contributed by atoms with E-state index in [1.807, 2.05) is 33.7 Å². The molecule has 0 radical (unpaired) electrons. The zero-order valence-electron chi connectivity index (χ0n) is 12.4. The molecule has 0 bridgehead atoms. The third kappa shape index (κ3) is 2.39. The molecule has 0 spiro atoms. The fourth-order valence-electron chi connectivity index (χ4n) is 3.53. The summed E-state index contributed by atoms with van der Waals surface area (Å²) in [5.41, 5.74) is 1.63. The lowest BCUT2D eigenvalue weighted by Gasteiger charge is -2.24. The smallest absolute Gasteiger partial charge is 0.253 e. The molecule has 22 heavy (non-hydrogen) atoms. The van der Waals surface area contributed by atoms with Crippen molar-refractivity contribution in [2.75, 3.05) is 19.6 Å². The molecule has 6 nitrogen and oxygen atoms in total. The van der Waals surface area contributed by atoms with E-state index in [9.17, 15) is 4.79 Å². The summed E-state index contributed by atoms with van der Waals surface area (Å²) in [5.74, 6) is 0.727. The lowest BCUT2D eigenvalue weighted by atomic mass is 9.94. The highest BCUT2D eigenvalue weighted by molar-refractivity contribution is 5.95. The quantitative estimate of drug-likeness (QED) is 0.901. The van der Waals surface area contributed by atoms with Crippen LogP contribution in [-0.4, -0.2) is 51.2 Å². The Kier molecular flexibility index (Phi) is 3.38. The van der Waals surface area contributed by atoms with Gasteiger partial charge in [-0.15, -0.1) is 10.2 Å². The van der Waals surface area contributed by atoms with Gasteiger partial charge in [-0.2, -0.15) is 0 Å². The highest BCUT2D eigenvalue weighted by Crippen LogP contribution is 2.26. The van der Waals surface area contributed by atoms with E-state index in [0.29, 0.717) is 12.0 Å². The van der Waals surface area contributed by atoms with Gasteiger partial charge in [0.25, 0.3) is 5.91 Å². The maximum absolute atomic E-state index is 12.8. The fraction of sp³-hybridized carbons (Fsp3) is 0.438. The zero-order valence-corrected chi connectivity index (χ0v) is 12.4. The molecule has 1 aromatic carbocycles. The molecule has 2 aromatic rings. The largest absolute Gasteiger partial charge is 0.337 e. The van der Waals surface area contributed by atoms with Gasteiger partial charge in [0.05, 0.1) is 0 Å². The second-order valence-corrected chi connectivity index (χ2v) is 6.09. The number of benzene rings is 1. The number of likely N-dealkylation sites (tertiary alicyclic amines) is 1. The number of hydrogen-bond donors (Lipinski definition) is 1. The van der Waals surface area contributed by atoms with E-state index in [0.717, 1.165) is 30.9 Å². The molecule has 1 amide bonds. The van der Waals surface area contributed by atoms with Gasteiger partial charge >= 0.3 is 0 Å². The van der Waals surface area contributed by atoms with Gasteiger partial charge in [0.1, 0.15) is 12.7 Å². The topological polar surface area (TPSA) is 63.1 Å². The number of nitrogens with one attached hydrogen (secondary N) is 1. The Bertz CT molecular complexity index is 655. The van der Waals surface area contributed by atoms with Crippen molar-refractivity contribution in [2.45, 2.75) is 18.9 Å². The van der Waals surface area contributed by atoms with Crippen molar-refractivity contribution in [3.63, 3.8) is 0 Å². The van der Waals surface area contributed by atoms with E-state index in [4.69, 9.17) is 0 Å². The number of rotatable bonds is 2. The van der Waals surface area contributed by atoms with E-state index in [2.05, 4.69) is 15.5 Å². The van der Waals surface area contributed by atoms with E-state index >= 15 is 0 Å². The molecule has 3 heterocycles. The molecule has 0 saturated carbocycles. The number of piperidine rings is 1. The van der Waals surface area contributed by atoms with Crippen LogP contribution in [-0.2, 0) is 0 Å². The average Bonchev–Trinajstić information content (AvgIpc) is 3.23. The lowest BCUT2D eigenvalue weighted by molar-refractivity contribution is 0.0785. The molecule has 2 aliphatic heterocycles. The number of aromatic nitrogens is 3. The van der Waals surface area contributed by atoms with Crippen LogP contribution in [0, 0.1) is 5.92 Å². The van der Waals surface area contributed by atoms with Gasteiger partial charge in [-0.25, -0.2) is 0 Å². The summed E-state index contributed by atoms with van der Waals surface area (Å²) in [7, 11) is 0. The van der Waals surface area contributed by atoms with Crippen molar-refractivity contribution in [2.24, 2.45) is 5.92 Å². The number of carbonyl (C=O) groups is 1. The Morgan fingerprint density at radius 2 is 2.09 bits per heavy atom. The van der Waals surface area contributed by atoms with Crippen LogP contribution >= 0.6 is 0 Å². The van der Waals surface area contributed by atoms with Crippen molar-refractivity contribution in [3.05, 3.63) is 42.5 Å². The standard InChI is InChI=1S/C16H19N5O/c22-16(20-8-13-4-2-6-17-15(13)9-20)12-3-1-5-14(7-12)21-10-18-19-11-21/h1,3,5,7,10-11,13,15,17H,2,4,6,8-9H2. The van der Waals surface area contributed by atoms with Crippen molar-refractivity contribution in [3.8, 4) is 5.69 Å². The Morgan fingerprint density at radius 1 is 1.23 bits per heavy atom. The maximum atomic E-state index is 12.8. The first-order chi connectivity index (χ1) is 10.8. The summed E-state index contributed by atoms with van der Waals surface area (Å²) >= 11 is 0. The molecule has 0 aliphatic carbocycles. The number of amides is 1. The molecule has 114 valence electrons. The fourth-order valence-corrected chi connectivity index (χ4v) is 3.53. The van der Waals surface area contributed by atoms with Crippen molar-refractivity contribution < 1.29 is 4.79 Å². The molecule has 1 aromatic heterocycles. The molecule has 2 saturated heterocycles. The summed E-state index contributed by atoms with van der Waals surface area (Å²) < 4.78 is 1.81. The lowest BCUT2D eigenvalue weighted by Crippen LogP contribution is -2.41. The average molecular weight is 297 g/mol. The minimum absolute atomic E-state index is 0.117. The first-order valence-electron chi connectivity index (χ1n) is 7.79. The van der Waals surface area contributed by atoms with Crippen LogP contribution in [0.4, 0.5) is 0 Å². The molecule has 2 unspecified atom stereocenters. The summed E-state index contributed by atoms with van der Waals surface area (Å²) in [6, 6.07) is 8.11. The summed E-state index contributed by atoms with van der Waals surface area (Å²) in [6.45, 7) is 2.76. The van der Waals surface area contributed by atoms with E-state index in [-0.39, 0.29) is 5.91 Å². The third-order valence-electron chi connectivity index (χ3n) is 4.70. The maximum Gasteiger partial charge on any atom is 0.253 e. The third-order valence-corrected chi connectivity index (χ3v) is 4.70. The first-order valence-corrected chi connectivity index (χ1v) is 7.79. The number of hydrogen-bond acceptors (Lipinski definition) is 4. The van der Waals surface area contributed by atoms with Crippen LogP contribution in [0.15, 0.2) is 36.9 Å². The van der Waals surface area contributed by atoms with Gasteiger partial charge in [-0.3, -0.25) is 9.36 Å². The molecular formula is C16H19N5O. The zero-order chi connectivity index (χ0) is 14.9. The highest BCUT2D eigenvalue weighted by atomic mass is 16.2. The van der Waals surface area contributed by atoms with Gasteiger partial charge in [0, 0.05) is 30.4 Å². The molecule has 2 aliphatic rings. The Hall–Kier alpha value is -2.21. The molecule has 1 N–H and O–H groups in total. The van der Waals surface area contributed by atoms with Gasteiger partial charge < -0.3 is 10.2 Å². The van der Waals surface area contributed by atoms with Crippen LogP contribution < -0.4 is 5.32 Å². The Labute approximate surface area is 129 Å². The predicted octanol–water partition coefficient (Wildman–Crippen LogP) is 1.09. The summed E-state index contributed by atoms with van der Waals surface area (Å²) in [5, 5.41) is 11.2. The first kappa shape index (κ1) is 13.5. The van der Waals surface area contributed by atoms with Crippen molar-refractivity contribution in [1.82, 2.24) is 25.0 Å². The molecule has 2 fully saturated rings. The second-order valence-electron chi connectivity index (χ2n) is 6.09. The Morgan fingerprint density at radius 3 is 2.91 bits per heavy atom. The van der Waals surface area contributed by atoms with Crippen molar-refractivity contribution in [1.29, 1.82) is 0 Å². The molecule has 4 rings (SSSR count). The molecular weight excluding hydrogens is 278 g/mol. The monoisotopic (exact) mass is 297 g/mol. The van der Waals surface area contributed by atoms with Gasteiger partial charge in [-0.1, -0.05) is 6.07 Å². The normalized spacial score (nSPS) is 24.3. The predicted molar refractivity (Wildman–Crippen MR) is 81.8 cm³/mol. The summed E-state index contributed by atoms with van der Waals surface area (Å²) in [6.07, 6.45) is 5.71. The van der Waals surface area contributed by atoms with Crippen LogP contribution in [0.1, 0.15) is 23.2 Å². The van der Waals surface area contributed by atoms with Crippen molar-refractivity contribution >= 4 is 5.91 Å². The minimum Gasteiger partial charge on any atom is -0.337 e. The van der Waals surface area contributed by atoms with Crippen LogP contribution in [0.25, 0.3) is 5.69 Å². The van der Waals surface area contributed by atoms with Crippen LogP contribution in [0.3, 0.4) is 0 Å². The van der Waals surface area contributed by atoms with Gasteiger partial charge in [0.15, 0.2) is 0 Å². The number of fused-ring (bicyclic) bond motifs is 1. The number of carbonyl (C=O) groups excluding carboxylic acids is 1. The summed E-state index contributed by atoms with van der Waals surface area (Å²) in [4.78, 5) is 14.8. The van der Waals surface area contributed by atoms with E-state index < -0.39 is 0 Å². The number of nitrogens with zero attached hydrogens (tertiary/aromatic N) is 4. The SMILES string of the molecule is O=C(c1cccc(-n2cnnc2)c1)N1CC2CCCNC2C1. The van der Waals surface area contributed by atoms with E-state index in [1.54, 1.807) is 12.7 Å². The molecule has 6 heteroatoms. The van der Waals surface area contributed by atoms with Gasteiger partial charge in [-0.05, 0) is 43.5 Å². The van der Waals surface area contributed by atoms with Crippen LogP contribution in [0.2, 0.25) is 0 Å². The minimum atomic E-state index is 0.117. The van der Waals surface area contributed by atoms with Crippen LogP contribution in [0.5, 0.6) is 0 Å². The van der Waals surface area contributed by atoms with E-state index in [1.165, 1.54) is 12.8 Å². The second kappa shape index (κ2) is 5.53. The molecule has 2 atom stereocenters. The highest BCUT2D eigenvalue weighted by Gasteiger charge is 2.36. The van der Waals surface area contributed by atoms with Gasteiger partial charge in [0.2, 0.25) is 0 Å². The Balaban J connectivity index is 1.54.